The topological polar surface area (TPSA) is 75.7 Å². The third-order valence-electron chi connectivity index (χ3n) is 5.13. The molecule has 0 spiro atoms. The molecule has 3 aromatic carbocycles. The third kappa shape index (κ3) is 5.79. The lowest BCUT2D eigenvalue weighted by molar-refractivity contribution is -0.122. The van der Waals surface area contributed by atoms with Crippen molar-refractivity contribution in [2.24, 2.45) is 0 Å². The maximum absolute atomic E-state index is 13.2. The fourth-order valence-electron chi connectivity index (χ4n) is 3.36. The van der Waals surface area contributed by atoms with Gasteiger partial charge in [0.05, 0.1) is 13.7 Å². The summed E-state index contributed by atoms with van der Waals surface area (Å²) >= 11 is 15.0. The number of hydrogen-bond donors (Lipinski definition) is 1. The molecule has 0 aromatic heterocycles. The predicted octanol–water partition coefficient (Wildman–Crippen LogP) is 7.02. The summed E-state index contributed by atoms with van der Waals surface area (Å²) in [7, 11) is 0. The van der Waals surface area contributed by atoms with Crippen LogP contribution in [0.1, 0.15) is 16.7 Å². The first-order valence-corrected chi connectivity index (χ1v) is 13.2. The maximum atomic E-state index is 13.2. The van der Waals surface area contributed by atoms with Crippen molar-refractivity contribution in [3.8, 4) is 5.75 Å². The fraction of sp³-hybridized carbons (Fsp3) is 0.0800. The van der Waals surface area contributed by atoms with Crippen LogP contribution in [0, 0.1) is 10.5 Å². The first-order chi connectivity index (χ1) is 16.6. The van der Waals surface area contributed by atoms with Gasteiger partial charge in [-0.2, -0.15) is 0 Å². The molecule has 1 aliphatic rings. The second-order valence-electron chi connectivity index (χ2n) is 7.62. The van der Waals surface area contributed by atoms with E-state index in [9.17, 15) is 14.4 Å². The molecule has 0 aliphatic carbocycles. The molecular formula is C25H16Br2ClIN2O4. The van der Waals surface area contributed by atoms with Crippen molar-refractivity contribution in [3.05, 3.63) is 94.4 Å². The standard InChI is InChI=1S/C25H16Br2ClIN2O4/c1-13-8-17(6-7-19(13)26)31-24(33)18(23(32)30-25(31)34)9-15-10-20(27)22(21(29)11-15)35-12-14-2-4-16(28)5-3-14/h2-11H,12H2,1H3,(H,30,32,34)/b18-9+. The molecule has 178 valence electrons. The van der Waals surface area contributed by atoms with Crippen molar-refractivity contribution in [2.75, 3.05) is 4.90 Å². The van der Waals surface area contributed by atoms with Crippen molar-refractivity contribution >= 4 is 95.7 Å². The molecule has 4 amide bonds. The molecular weight excluding hydrogens is 714 g/mol. The number of aryl methyl sites for hydroxylation is 1. The monoisotopic (exact) mass is 728 g/mol. The molecule has 3 aromatic rings. The van der Waals surface area contributed by atoms with Crippen LogP contribution in [0.15, 0.2) is 69.1 Å². The zero-order valence-electron chi connectivity index (χ0n) is 18.1. The molecule has 1 fully saturated rings. The molecule has 35 heavy (non-hydrogen) atoms. The molecule has 0 saturated carbocycles. The summed E-state index contributed by atoms with van der Waals surface area (Å²) in [6.07, 6.45) is 1.46. The highest BCUT2D eigenvalue weighted by atomic mass is 127. The first kappa shape index (κ1) is 25.9. The Hall–Kier alpha value is -2.21. The number of carbonyl (C=O) groups excluding carboxylic acids is 3. The molecule has 1 saturated heterocycles. The zero-order valence-corrected chi connectivity index (χ0v) is 24.2. The van der Waals surface area contributed by atoms with Crippen molar-refractivity contribution in [1.82, 2.24) is 5.32 Å². The van der Waals surface area contributed by atoms with Gasteiger partial charge >= 0.3 is 6.03 Å². The van der Waals surface area contributed by atoms with E-state index in [1.165, 1.54) is 6.08 Å². The van der Waals surface area contributed by atoms with Crippen molar-refractivity contribution in [2.45, 2.75) is 13.5 Å². The van der Waals surface area contributed by atoms with Crippen LogP contribution in [0.25, 0.3) is 6.08 Å². The number of imide groups is 2. The average Bonchev–Trinajstić information content (AvgIpc) is 2.79. The Morgan fingerprint density at radius 3 is 2.40 bits per heavy atom. The summed E-state index contributed by atoms with van der Waals surface area (Å²) < 4.78 is 8.25. The van der Waals surface area contributed by atoms with Gasteiger partial charge in [-0.3, -0.25) is 14.9 Å². The summed E-state index contributed by atoms with van der Waals surface area (Å²) in [5.74, 6) is -0.821. The van der Waals surface area contributed by atoms with Gasteiger partial charge in [0.1, 0.15) is 17.9 Å². The molecule has 1 heterocycles. The lowest BCUT2D eigenvalue weighted by atomic mass is 10.1. The van der Waals surface area contributed by atoms with E-state index in [1.807, 2.05) is 19.1 Å². The van der Waals surface area contributed by atoms with Gasteiger partial charge in [0.15, 0.2) is 0 Å². The van der Waals surface area contributed by atoms with Crippen molar-refractivity contribution < 1.29 is 19.1 Å². The van der Waals surface area contributed by atoms with Crippen LogP contribution in [0.3, 0.4) is 0 Å². The molecule has 0 bridgehead atoms. The summed E-state index contributed by atoms with van der Waals surface area (Å²) in [5.41, 5.74) is 2.62. The SMILES string of the molecule is Cc1cc(N2C(=O)NC(=O)/C(=C\c3cc(Br)c(OCc4ccc(Cl)cc4)c(I)c3)C2=O)ccc1Br. The Morgan fingerprint density at radius 2 is 1.74 bits per heavy atom. The second kappa shape index (κ2) is 10.8. The Labute approximate surface area is 237 Å². The van der Waals surface area contributed by atoms with Crippen molar-refractivity contribution in [3.63, 3.8) is 0 Å². The minimum atomic E-state index is -0.791. The van der Waals surface area contributed by atoms with Crippen LogP contribution in [0.2, 0.25) is 5.02 Å². The summed E-state index contributed by atoms with van der Waals surface area (Å²) in [4.78, 5) is 39.1. The van der Waals surface area contributed by atoms with Crippen LogP contribution in [-0.4, -0.2) is 17.8 Å². The zero-order chi connectivity index (χ0) is 25.3. The van der Waals surface area contributed by atoms with Gasteiger partial charge in [0, 0.05) is 9.50 Å². The number of benzene rings is 3. The van der Waals surface area contributed by atoms with Crippen LogP contribution in [0.5, 0.6) is 5.75 Å². The van der Waals surface area contributed by atoms with E-state index in [0.29, 0.717) is 33.1 Å². The number of carbonyl (C=O) groups is 3. The minimum Gasteiger partial charge on any atom is -0.487 e. The van der Waals surface area contributed by atoms with Gasteiger partial charge in [-0.25, -0.2) is 9.69 Å². The Bertz CT molecular complexity index is 1370. The molecule has 4 rings (SSSR count). The maximum Gasteiger partial charge on any atom is 0.335 e. The number of anilines is 1. The molecule has 0 radical (unpaired) electrons. The largest absolute Gasteiger partial charge is 0.487 e. The predicted molar refractivity (Wildman–Crippen MR) is 151 cm³/mol. The van der Waals surface area contributed by atoms with Gasteiger partial charge in [0.2, 0.25) is 0 Å². The van der Waals surface area contributed by atoms with E-state index in [-0.39, 0.29) is 5.57 Å². The smallest absolute Gasteiger partial charge is 0.335 e. The lowest BCUT2D eigenvalue weighted by Crippen LogP contribution is -2.54. The number of rotatable bonds is 5. The van der Waals surface area contributed by atoms with E-state index in [4.69, 9.17) is 16.3 Å². The van der Waals surface area contributed by atoms with Crippen molar-refractivity contribution in [1.29, 1.82) is 0 Å². The number of nitrogens with zero attached hydrogens (tertiary/aromatic N) is 1. The highest BCUT2D eigenvalue weighted by molar-refractivity contribution is 14.1. The quantitative estimate of drug-likeness (QED) is 0.174. The van der Waals surface area contributed by atoms with Crippen LogP contribution in [-0.2, 0) is 16.2 Å². The number of hydrogen-bond acceptors (Lipinski definition) is 4. The highest BCUT2D eigenvalue weighted by Crippen LogP contribution is 2.34. The van der Waals surface area contributed by atoms with Crippen LogP contribution in [0.4, 0.5) is 10.5 Å². The van der Waals surface area contributed by atoms with E-state index >= 15 is 0 Å². The number of nitrogens with one attached hydrogen (secondary N) is 1. The molecule has 0 unspecified atom stereocenters. The van der Waals surface area contributed by atoms with E-state index in [2.05, 4.69) is 59.8 Å². The molecule has 6 nitrogen and oxygen atoms in total. The van der Waals surface area contributed by atoms with Crippen LogP contribution >= 0.6 is 66.1 Å². The average molecular weight is 731 g/mol. The van der Waals surface area contributed by atoms with Gasteiger partial charge in [-0.05, 0) is 111 Å². The second-order valence-corrected chi connectivity index (χ2v) is 10.9. The summed E-state index contributed by atoms with van der Waals surface area (Å²) in [5, 5.41) is 2.90. The number of halogens is 4. The van der Waals surface area contributed by atoms with E-state index < -0.39 is 17.8 Å². The lowest BCUT2D eigenvalue weighted by Gasteiger charge is -2.26. The Morgan fingerprint density at radius 1 is 1.03 bits per heavy atom. The molecule has 0 atom stereocenters. The third-order valence-corrected chi connectivity index (χ3v) is 7.66. The first-order valence-electron chi connectivity index (χ1n) is 10.2. The number of urea groups is 1. The van der Waals surface area contributed by atoms with Crippen LogP contribution < -0.4 is 15.0 Å². The fourth-order valence-corrected chi connectivity index (χ4v) is 5.50. The van der Waals surface area contributed by atoms with Gasteiger partial charge in [-0.15, -0.1) is 0 Å². The number of ether oxygens (including phenoxy) is 1. The Kier molecular flexibility index (Phi) is 7.99. The normalized spacial score (nSPS) is 14.9. The van der Waals surface area contributed by atoms with E-state index in [0.717, 1.165) is 24.1 Å². The van der Waals surface area contributed by atoms with Gasteiger partial charge < -0.3 is 4.74 Å². The van der Waals surface area contributed by atoms with Gasteiger partial charge in [0.25, 0.3) is 11.8 Å². The molecule has 1 aliphatic heterocycles. The van der Waals surface area contributed by atoms with E-state index in [1.54, 1.807) is 42.5 Å². The highest BCUT2D eigenvalue weighted by Gasteiger charge is 2.37. The number of barbiturate groups is 1. The molecule has 10 heteroatoms. The minimum absolute atomic E-state index is 0.150. The van der Waals surface area contributed by atoms with Gasteiger partial charge in [-0.1, -0.05) is 39.7 Å². The number of amides is 4. The Balaban J connectivity index is 1.61. The molecule has 1 N–H and O–H groups in total. The summed E-state index contributed by atoms with van der Waals surface area (Å²) in [6, 6.07) is 15.2. The summed E-state index contributed by atoms with van der Waals surface area (Å²) in [6.45, 7) is 2.19.